The van der Waals surface area contributed by atoms with Crippen molar-refractivity contribution in [2.45, 2.75) is 78.4 Å². The van der Waals surface area contributed by atoms with Gasteiger partial charge in [-0.2, -0.15) is 0 Å². The molecule has 1 aliphatic rings. The summed E-state index contributed by atoms with van der Waals surface area (Å²) < 4.78 is 13.4. The number of hydrogen-bond acceptors (Lipinski definition) is 9. The minimum Gasteiger partial charge on any atom is -0.460 e. The Morgan fingerprint density at radius 2 is 1.83 bits per heavy atom. The Kier molecular flexibility index (Phi) is 10.8. The number of piperazine rings is 1. The maximum atomic E-state index is 11.8. The van der Waals surface area contributed by atoms with E-state index in [1.165, 1.54) is 5.69 Å². The standard InChI is InChI=1S/C31H48N6O4/c1-5-6-9-26-34-28-29(37(26)13-7-8-19-38)24-22-23(10-11-25(24)33-30(28)32)36-16-14-35(15-17-36)18-21-40-20-12-27(39)41-31(2,3)4/h10-11,22,38H,5-9,12-21H2,1-4H3,(H2,32,33). The first-order valence-corrected chi connectivity index (χ1v) is 15.2. The number of hydrogen-bond donors (Lipinski definition) is 2. The van der Waals surface area contributed by atoms with Gasteiger partial charge >= 0.3 is 5.97 Å². The molecule has 0 atom stereocenters. The van der Waals surface area contributed by atoms with Crippen LogP contribution in [0.4, 0.5) is 11.5 Å². The number of nitrogens with two attached hydrogens (primary N) is 1. The number of carbonyl (C=O) groups is 1. The molecule has 1 fully saturated rings. The van der Waals surface area contributed by atoms with Gasteiger partial charge < -0.3 is 29.8 Å². The molecular formula is C31H48N6O4. The number of aromatic nitrogens is 3. The van der Waals surface area contributed by atoms with Crippen LogP contribution in [0.1, 0.15) is 65.6 Å². The number of nitrogens with zero attached hydrogens (tertiary/aromatic N) is 5. The Morgan fingerprint density at radius 1 is 1.05 bits per heavy atom. The van der Waals surface area contributed by atoms with Gasteiger partial charge in [0.05, 0.1) is 30.7 Å². The lowest BCUT2D eigenvalue weighted by atomic mass is 10.1. The molecule has 41 heavy (non-hydrogen) atoms. The van der Waals surface area contributed by atoms with Gasteiger partial charge in [0, 0.05) is 63.4 Å². The van der Waals surface area contributed by atoms with Crippen LogP contribution >= 0.6 is 0 Å². The van der Waals surface area contributed by atoms with Crippen molar-refractivity contribution in [3.63, 3.8) is 0 Å². The monoisotopic (exact) mass is 568 g/mol. The van der Waals surface area contributed by atoms with E-state index in [0.717, 1.165) is 99.1 Å². The highest BCUT2D eigenvalue weighted by atomic mass is 16.6. The summed E-state index contributed by atoms with van der Waals surface area (Å²) in [6.45, 7) is 14.4. The zero-order valence-electron chi connectivity index (χ0n) is 25.3. The van der Waals surface area contributed by atoms with Crippen LogP contribution in [0.2, 0.25) is 0 Å². The molecule has 2 aromatic heterocycles. The quantitative estimate of drug-likeness (QED) is 0.218. The van der Waals surface area contributed by atoms with E-state index in [9.17, 15) is 9.90 Å². The van der Waals surface area contributed by atoms with Crippen LogP contribution in [-0.4, -0.2) is 88.7 Å². The number of aliphatic hydroxyl groups is 1. The Morgan fingerprint density at radius 3 is 2.54 bits per heavy atom. The number of carbonyl (C=O) groups excluding carboxylic acids is 1. The maximum Gasteiger partial charge on any atom is 0.308 e. The third-order valence-electron chi connectivity index (χ3n) is 7.47. The van der Waals surface area contributed by atoms with Gasteiger partial charge in [-0.05, 0) is 58.2 Å². The zero-order valence-corrected chi connectivity index (χ0v) is 25.3. The number of unbranched alkanes of at least 4 members (excludes halogenated alkanes) is 2. The molecule has 3 N–H and O–H groups in total. The molecule has 3 heterocycles. The summed E-state index contributed by atoms with van der Waals surface area (Å²) in [5.41, 5.74) is 9.84. The van der Waals surface area contributed by atoms with Gasteiger partial charge in [0.15, 0.2) is 5.82 Å². The Balaban J connectivity index is 1.41. The van der Waals surface area contributed by atoms with Gasteiger partial charge in [-0.15, -0.1) is 0 Å². The Labute approximate surface area is 243 Å². The fraction of sp³-hybridized carbons (Fsp3) is 0.645. The summed E-state index contributed by atoms with van der Waals surface area (Å²) >= 11 is 0. The molecule has 1 saturated heterocycles. The summed E-state index contributed by atoms with van der Waals surface area (Å²) in [5, 5.41) is 10.4. The normalized spacial score (nSPS) is 14.8. The number of fused-ring (bicyclic) bond motifs is 3. The summed E-state index contributed by atoms with van der Waals surface area (Å²) in [6, 6.07) is 6.45. The van der Waals surface area contributed by atoms with Gasteiger partial charge in [0.25, 0.3) is 0 Å². The third-order valence-corrected chi connectivity index (χ3v) is 7.47. The van der Waals surface area contributed by atoms with Crippen molar-refractivity contribution in [1.82, 2.24) is 19.4 Å². The number of benzene rings is 1. The summed E-state index contributed by atoms with van der Waals surface area (Å²) in [7, 11) is 0. The second-order valence-electron chi connectivity index (χ2n) is 11.9. The van der Waals surface area contributed by atoms with Crippen molar-refractivity contribution in [3.05, 3.63) is 24.0 Å². The molecule has 10 nitrogen and oxygen atoms in total. The van der Waals surface area contributed by atoms with Crippen LogP contribution in [0.5, 0.6) is 0 Å². The van der Waals surface area contributed by atoms with Gasteiger partial charge in [0.2, 0.25) is 0 Å². The molecule has 0 aliphatic carbocycles. The molecule has 3 aromatic rings. The highest BCUT2D eigenvalue weighted by Crippen LogP contribution is 2.32. The number of esters is 1. The average Bonchev–Trinajstić information content (AvgIpc) is 3.30. The fourth-order valence-corrected chi connectivity index (χ4v) is 5.36. The van der Waals surface area contributed by atoms with Crippen LogP contribution in [0.15, 0.2) is 18.2 Å². The van der Waals surface area contributed by atoms with Gasteiger partial charge in [-0.3, -0.25) is 9.69 Å². The highest BCUT2D eigenvalue weighted by Gasteiger charge is 2.21. The van der Waals surface area contributed by atoms with Crippen LogP contribution in [0, 0.1) is 0 Å². The van der Waals surface area contributed by atoms with E-state index in [1.54, 1.807) is 0 Å². The first kappa shape index (κ1) is 31.0. The predicted octanol–water partition coefficient (Wildman–Crippen LogP) is 4.15. The number of anilines is 2. The van der Waals surface area contributed by atoms with E-state index < -0.39 is 5.60 Å². The second kappa shape index (κ2) is 14.3. The van der Waals surface area contributed by atoms with Crippen molar-refractivity contribution in [2.75, 3.05) is 63.2 Å². The molecule has 0 spiro atoms. The molecular weight excluding hydrogens is 520 g/mol. The number of aliphatic hydroxyl groups excluding tert-OH is 1. The van der Waals surface area contributed by atoms with Crippen LogP contribution < -0.4 is 10.6 Å². The SMILES string of the molecule is CCCCc1nc2c(N)nc3ccc(N4CCN(CCOCCC(=O)OC(C)(C)C)CC4)cc3c2n1CCCCO. The lowest BCUT2D eigenvalue weighted by molar-refractivity contribution is -0.156. The van der Waals surface area contributed by atoms with Crippen LogP contribution in [0.3, 0.4) is 0 Å². The van der Waals surface area contributed by atoms with Gasteiger partial charge in [-0.1, -0.05) is 13.3 Å². The van der Waals surface area contributed by atoms with E-state index in [1.807, 2.05) is 20.8 Å². The maximum absolute atomic E-state index is 11.8. The van der Waals surface area contributed by atoms with Crippen molar-refractivity contribution in [1.29, 1.82) is 0 Å². The molecule has 1 aromatic carbocycles. The molecule has 226 valence electrons. The number of imidazole rings is 1. The summed E-state index contributed by atoms with van der Waals surface area (Å²) in [5.74, 6) is 1.30. The minimum absolute atomic E-state index is 0.190. The number of nitrogen functional groups attached to an aromatic ring is 1. The van der Waals surface area contributed by atoms with Crippen LogP contribution in [0.25, 0.3) is 21.9 Å². The van der Waals surface area contributed by atoms with Crippen molar-refractivity contribution < 1.29 is 19.4 Å². The Hall–Kier alpha value is -2.95. The molecule has 10 heteroatoms. The Bertz CT molecular complexity index is 1290. The molecule has 0 unspecified atom stereocenters. The van der Waals surface area contributed by atoms with Crippen molar-refractivity contribution in [3.8, 4) is 0 Å². The topological polar surface area (TPSA) is 119 Å². The second-order valence-corrected chi connectivity index (χ2v) is 11.9. The molecule has 4 rings (SSSR count). The number of pyridine rings is 1. The average molecular weight is 569 g/mol. The van der Waals surface area contributed by atoms with Crippen molar-refractivity contribution >= 4 is 39.4 Å². The van der Waals surface area contributed by atoms with E-state index in [-0.39, 0.29) is 19.0 Å². The predicted molar refractivity (Wildman–Crippen MR) is 164 cm³/mol. The van der Waals surface area contributed by atoms with Gasteiger partial charge in [-0.25, -0.2) is 9.97 Å². The number of ether oxygens (including phenoxy) is 2. The smallest absolute Gasteiger partial charge is 0.308 e. The van der Waals surface area contributed by atoms with E-state index in [4.69, 9.17) is 25.2 Å². The summed E-state index contributed by atoms with van der Waals surface area (Å²) in [6.07, 6.45) is 4.99. The number of rotatable bonds is 14. The number of aryl methyl sites for hydroxylation is 2. The first-order valence-electron chi connectivity index (χ1n) is 15.2. The van der Waals surface area contributed by atoms with E-state index in [0.29, 0.717) is 19.0 Å². The molecule has 0 radical (unpaired) electrons. The molecule has 0 bridgehead atoms. The molecule has 0 saturated carbocycles. The minimum atomic E-state index is -0.462. The van der Waals surface area contributed by atoms with E-state index >= 15 is 0 Å². The van der Waals surface area contributed by atoms with Crippen LogP contribution in [-0.2, 0) is 27.2 Å². The largest absolute Gasteiger partial charge is 0.460 e. The third kappa shape index (κ3) is 8.30. The summed E-state index contributed by atoms with van der Waals surface area (Å²) in [4.78, 5) is 26.3. The first-order chi connectivity index (χ1) is 19.7. The lowest BCUT2D eigenvalue weighted by Crippen LogP contribution is -2.47. The highest BCUT2D eigenvalue weighted by molar-refractivity contribution is 6.07. The zero-order chi connectivity index (χ0) is 29.4. The van der Waals surface area contributed by atoms with Gasteiger partial charge in [0.1, 0.15) is 16.9 Å². The van der Waals surface area contributed by atoms with E-state index in [2.05, 4.69) is 39.5 Å². The fourth-order valence-electron chi connectivity index (χ4n) is 5.36. The van der Waals surface area contributed by atoms with Crippen molar-refractivity contribution in [2.24, 2.45) is 0 Å². The lowest BCUT2D eigenvalue weighted by Gasteiger charge is -2.36. The molecule has 1 aliphatic heterocycles. The molecule has 0 amide bonds.